The third-order valence-corrected chi connectivity index (χ3v) is 11.0. The second-order valence-electron chi connectivity index (χ2n) is 12.4. The van der Waals surface area contributed by atoms with E-state index in [-0.39, 0.29) is 31.1 Å². The van der Waals surface area contributed by atoms with Gasteiger partial charge in [-0.1, -0.05) is 0 Å². The van der Waals surface area contributed by atoms with E-state index in [1.54, 1.807) is 6.33 Å². The third-order valence-electron chi connectivity index (χ3n) is 8.68. The molecule has 0 saturated carbocycles. The Labute approximate surface area is 280 Å². The first-order chi connectivity index (χ1) is 23.0. The van der Waals surface area contributed by atoms with Gasteiger partial charge in [0.1, 0.15) is 0 Å². The second kappa shape index (κ2) is 13.6. The van der Waals surface area contributed by atoms with Crippen LogP contribution in [0.25, 0.3) is 22.2 Å². The SMILES string of the molecule is C[PH](O)(COC[C@@H]1CCC[C@H](n2cc3c4c(ncnc42)NCCC3)O1)O[C@@H]1[C@H](O)[C@@H](COP(=O)(O)S)O[C@H]1n1cnc2c(N)ncnc21. The zero-order valence-electron chi connectivity index (χ0n) is 26.0. The van der Waals surface area contributed by atoms with Crippen LogP contribution in [-0.2, 0) is 34.2 Å². The fourth-order valence-corrected chi connectivity index (χ4v) is 8.48. The molecule has 4 aromatic rings. The predicted molar refractivity (Wildman–Crippen MR) is 179 cm³/mol. The molecule has 7 heterocycles. The molecule has 6 N–H and O–H groups in total. The summed E-state index contributed by atoms with van der Waals surface area (Å²) in [6.45, 7) is -2.02. The molecule has 2 saturated heterocycles. The molecule has 3 aliphatic rings. The van der Waals surface area contributed by atoms with Gasteiger partial charge in [-0.15, -0.1) is 0 Å². The van der Waals surface area contributed by atoms with E-state index in [1.807, 2.05) is 0 Å². The van der Waals surface area contributed by atoms with E-state index in [0.717, 1.165) is 55.5 Å². The van der Waals surface area contributed by atoms with Crippen LogP contribution >= 0.6 is 26.8 Å². The molecule has 1 unspecified atom stereocenters. The second-order valence-corrected chi connectivity index (χ2v) is 18.0. The summed E-state index contributed by atoms with van der Waals surface area (Å²) in [4.78, 5) is 42.4. The number of fused-ring (bicyclic) bond motifs is 1. The molecule has 2 fully saturated rings. The summed E-state index contributed by atoms with van der Waals surface area (Å²) in [6, 6.07) is 0. The molecule has 0 radical (unpaired) electrons. The van der Waals surface area contributed by atoms with Crippen molar-refractivity contribution in [1.29, 1.82) is 0 Å². The van der Waals surface area contributed by atoms with Crippen LogP contribution in [0.1, 0.15) is 43.7 Å². The van der Waals surface area contributed by atoms with Crippen molar-refractivity contribution in [2.75, 3.05) is 43.8 Å². The maximum atomic E-state index is 11.7. The molecule has 4 aromatic heterocycles. The van der Waals surface area contributed by atoms with Gasteiger partial charge in [0.15, 0.2) is 0 Å². The zero-order valence-corrected chi connectivity index (χ0v) is 28.8. The summed E-state index contributed by atoms with van der Waals surface area (Å²) in [5.41, 5.74) is 8.60. The zero-order chi connectivity index (χ0) is 33.6. The third kappa shape index (κ3) is 7.04. The van der Waals surface area contributed by atoms with E-state index in [2.05, 4.69) is 53.2 Å². The van der Waals surface area contributed by atoms with Crippen molar-refractivity contribution in [2.24, 2.45) is 0 Å². The maximum absolute atomic E-state index is 11.7. The molecule has 7 rings (SSSR count). The number of nitrogens with two attached hydrogens (primary N) is 1. The molecule has 21 heteroatoms. The Morgan fingerprint density at radius 1 is 1.12 bits per heavy atom. The molecule has 0 bridgehead atoms. The summed E-state index contributed by atoms with van der Waals surface area (Å²) >= 11 is 3.54. The summed E-state index contributed by atoms with van der Waals surface area (Å²) in [6.07, 6.45) is 5.53. The molecule has 48 heavy (non-hydrogen) atoms. The van der Waals surface area contributed by atoms with E-state index in [0.29, 0.717) is 11.2 Å². The molecule has 3 aliphatic heterocycles. The normalized spacial score (nSPS) is 27.9. The number of aliphatic hydroxyl groups excluding tert-OH is 1. The van der Waals surface area contributed by atoms with Crippen molar-refractivity contribution in [3.63, 3.8) is 0 Å². The number of hydrogen-bond donors (Lipinski definition) is 6. The molecular weight excluding hydrogens is 688 g/mol. The predicted octanol–water partition coefficient (Wildman–Crippen LogP) is 2.15. The van der Waals surface area contributed by atoms with Crippen LogP contribution < -0.4 is 11.1 Å². The van der Waals surface area contributed by atoms with Crippen molar-refractivity contribution >= 4 is 60.6 Å². The number of aliphatic hydroxyl groups is 1. The van der Waals surface area contributed by atoms with Gasteiger partial charge in [-0.05, 0) is 0 Å². The van der Waals surface area contributed by atoms with E-state index in [9.17, 15) is 19.5 Å². The number of ether oxygens (including phenoxy) is 3. The van der Waals surface area contributed by atoms with E-state index < -0.39 is 45.7 Å². The van der Waals surface area contributed by atoms with Crippen LogP contribution in [0.15, 0.2) is 25.2 Å². The monoisotopic (exact) mass is 727 g/mol. The van der Waals surface area contributed by atoms with Gasteiger partial charge in [0.25, 0.3) is 0 Å². The minimum absolute atomic E-state index is 0.129. The van der Waals surface area contributed by atoms with Crippen molar-refractivity contribution in [3.8, 4) is 0 Å². The average Bonchev–Trinajstić information content (AvgIpc) is 3.67. The first-order valence-corrected chi connectivity index (χ1v) is 20.9. The Morgan fingerprint density at radius 3 is 2.77 bits per heavy atom. The van der Waals surface area contributed by atoms with Crippen LogP contribution in [0.2, 0.25) is 0 Å². The number of imidazole rings is 1. The number of aryl methyl sites for hydroxylation is 1. The Kier molecular flexibility index (Phi) is 9.64. The molecule has 0 aliphatic carbocycles. The minimum atomic E-state index is -4.17. The van der Waals surface area contributed by atoms with Gasteiger partial charge in [-0.3, -0.25) is 0 Å². The Hall–Kier alpha value is -2.54. The number of nitrogens with zero attached hydrogens (tertiary/aromatic N) is 7. The van der Waals surface area contributed by atoms with Gasteiger partial charge >= 0.3 is 281 Å². The summed E-state index contributed by atoms with van der Waals surface area (Å²) in [7, 11) is -3.64. The number of aromatic nitrogens is 7. The van der Waals surface area contributed by atoms with Crippen molar-refractivity contribution in [1.82, 2.24) is 34.1 Å². The Balaban J connectivity index is 1.02. The molecule has 262 valence electrons. The molecule has 18 nitrogen and oxygen atoms in total. The molecular formula is C27H39N9O9P2S. The Bertz CT molecular complexity index is 1820. The van der Waals surface area contributed by atoms with Crippen LogP contribution in [-0.4, -0.2) is 106 Å². The first-order valence-electron chi connectivity index (χ1n) is 15.7. The number of nitrogens with one attached hydrogen (secondary N) is 1. The van der Waals surface area contributed by atoms with Crippen molar-refractivity contribution < 1.29 is 42.7 Å². The first kappa shape index (κ1) is 33.9. The number of thiol groups is 1. The summed E-state index contributed by atoms with van der Waals surface area (Å²) < 4.78 is 44.8. The number of hydrogen-bond acceptors (Lipinski definition) is 15. The summed E-state index contributed by atoms with van der Waals surface area (Å²) in [5.74, 6) is 0.990. The van der Waals surface area contributed by atoms with Crippen LogP contribution in [0.4, 0.5) is 11.6 Å². The topological polar surface area (TPSA) is 236 Å². The standard InChI is InChI=1S/C27H39N9O9P2S/c1-46(38,14-41-9-16-5-2-6-18(43-16)35-8-15-4-3-7-29-24-19(15)25(35)32-12-31-24)45-22-21(37)17(10-42-47(39,40)48)44-27(22)36-13-34-20-23(28)30-11-33-26(20)36/h8,11-13,16-18,21-22,27,37-38,46H,2-7,9-10,14H2,1H3,(H2,28,30,33)(H,29,31,32)(H2,39,40,48)/t16-,17+,18+,21+,22+,27+/m0/s1. The van der Waals surface area contributed by atoms with Gasteiger partial charge in [-0.2, -0.15) is 0 Å². The van der Waals surface area contributed by atoms with Gasteiger partial charge < -0.3 is 0 Å². The van der Waals surface area contributed by atoms with Crippen LogP contribution in [0.3, 0.4) is 0 Å². The van der Waals surface area contributed by atoms with Gasteiger partial charge in [0, 0.05) is 0 Å². The Morgan fingerprint density at radius 2 is 1.94 bits per heavy atom. The van der Waals surface area contributed by atoms with Crippen molar-refractivity contribution in [2.45, 2.75) is 69.0 Å². The van der Waals surface area contributed by atoms with Crippen molar-refractivity contribution in [3.05, 3.63) is 30.7 Å². The molecule has 0 spiro atoms. The van der Waals surface area contributed by atoms with Crippen LogP contribution in [0.5, 0.6) is 0 Å². The van der Waals surface area contributed by atoms with Crippen LogP contribution in [0, 0.1) is 0 Å². The van der Waals surface area contributed by atoms with Gasteiger partial charge in [0.2, 0.25) is 0 Å². The molecule has 0 aromatic carbocycles. The number of rotatable bonds is 11. The van der Waals surface area contributed by atoms with Gasteiger partial charge in [-0.25, -0.2) is 0 Å². The van der Waals surface area contributed by atoms with E-state index in [1.165, 1.54) is 29.5 Å². The summed E-state index contributed by atoms with van der Waals surface area (Å²) in [5, 5.41) is 15.7. The fourth-order valence-electron chi connectivity index (χ4n) is 6.54. The van der Waals surface area contributed by atoms with Gasteiger partial charge in [0.05, 0.1) is 0 Å². The fraction of sp³-hybridized carbons (Fsp3) is 0.593. The molecule has 0 amide bonds. The number of nitrogen functional groups attached to an aromatic ring is 1. The average molecular weight is 728 g/mol. The quantitative estimate of drug-likeness (QED) is 0.0959. The van der Waals surface area contributed by atoms with E-state index >= 15 is 0 Å². The molecule has 7 atom stereocenters. The van der Waals surface area contributed by atoms with E-state index in [4.69, 9.17) is 29.0 Å². The number of anilines is 2.